The van der Waals surface area contributed by atoms with E-state index in [1.165, 1.54) is 11.1 Å². The third kappa shape index (κ3) is 1.77. The average molecular weight is 251 g/mol. The predicted molar refractivity (Wildman–Crippen MR) is 59.5 cm³/mol. The van der Waals surface area contributed by atoms with Crippen molar-refractivity contribution in [2.45, 2.75) is 26.3 Å². The highest BCUT2D eigenvalue weighted by Gasteiger charge is 2.44. The maximum absolute atomic E-state index is 12.3. The zero-order valence-electron chi connectivity index (χ0n) is 10.3. The molecule has 1 fully saturated rings. The highest BCUT2D eigenvalue weighted by Crippen LogP contribution is 2.22. The van der Waals surface area contributed by atoms with Crippen LogP contribution in [0.3, 0.4) is 0 Å². The van der Waals surface area contributed by atoms with Gasteiger partial charge in [0.25, 0.3) is 11.8 Å². The summed E-state index contributed by atoms with van der Waals surface area (Å²) in [4.78, 5) is 36.6. The Balaban J connectivity index is 2.37. The number of nitrogens with one attached hydrogen (secondary N) is 1. The zero-order chi connectivity index (χ0) is 13.5. The Labute approximate surface area is 103 Å². The number of aromatic nitrogens is 1. The summed E-state index contributed by atoms with van der Waals surface area (Å²) in [5.41, 5.74) is -0.833. The van der Waals surface area contributed by atoms with Crippen LogP contribution in [0.2, 0.25) is 0 Å². The molecule has 0 saturated carbocycles. The molecule has 7 nitrogen and oxygen atoms in total. The molecule has 2 heterocycles. The Morgan fingerprint density at radius 2 is 2.17 bits per heavy atom. The highest BCUT2D eigenvalue weighted by molar-refractivity contribution is 6.08. The van der Waals surface area contributed by atoms with Gasteiger partial charge in [0, 0.05) is 0 Å². The quantitative estimate of drug-likeness (QED) is 0.701. The molecule has 1 aliphatic rings. The van der Waals surface area contributed by atoms with Crippen molar-refractivity contribution >= 4 is 17.7 Å². The van der Waals surface area contributed by atoms with E-state index in [4.69, 9.17) is 4.52 Å². The second-order valence-corrected chi connectivity index (χ2v) is 4.62. The van der Waals surface area contributed by atoms with E-state index in [-0.39, 0.29) is 12.1 Å². The van der Waals surface area contributed by atoms with Crippen molar-refractivity contribution in [2.75, 3.05) is 6.54 Å². The molecule has 0 radical (unpaired) electrons. The fourth-order valence-corrected chi connectivity index (χ4v) is 1.76. The topological polar surface area (TPSA) is 92.5 Å². The lowest BCUT2D eigenvalue weighted by Gasteiger charge is -2.39. The number of carbonyl (C=O) groups is 3. The monoisotopic (exact) mass is 251 g/mol. The summed E-state index contributed by atoms with van der Waals surface area (Å²) < 4.78 is 4.82. The third-order valence-electron chi connectivity index (χ3n) is 3.01. The summed E-state index contributed by atoms with van der Waals surface area (Å²) in [5, 5.41) is 5.72. The van der Waals surface area contributed by atoms with Gasteiger partial charge in [-0.25, -0.2) is 0 Å². The lowest BCUT2D eigenvalue weighted by Crippen LogP contribution is -2.65. The van der Waals surface area contributed by atoms with E-state index in [2.05, 4.69) is 10.5 Å². The van der Waals surface area contributed by atoms with Crippen molar-refractivity contribution in [2.24, 2.45) is 0 Å². The van der Waals surface area contributed by atoms with Crippen molar-refractivity contribution in [1.29, 1.82) is 0 Å². The Morgan fingerprint density at radius 3 is 2.72 bits per heavy atom. The summed E-state index contributed by atoms with van der Waals surface area (Å²) >= 11 is 0. The van der Waals surface area contributed by atoms with Crippen LogP contribution in [0.1, 0.15) is 30.0 Å². The van der Waals surface area contributed by atoms with Gasteiger partial charge in [0.1, 0.15) is 23.4 Å². The van der Waals surface area contributed by atoms with Gasteiger partial charge in [-0.2, -0.15) is 0 Å². The van der Waals surface area contributed by atoms with E-state index in [9.17, 15) is 14.4 Å². The fourth-order valence-electron chi connectivity index (χ4n) is 1.76. The van der Waals surface area contributed by atoms with E-state index in [1.54, 1.807) is 20.8 Å². The van der Waals surface area contributed by atoms with Crippen LogP contribution in [0, 0.1) is 6.92 Å². The van der Waals surface area contributed by atoms with Gasteiger partial charge in [-0.05, 0) is 20.8 Å². The van der Waals surface area contributed by atoms with E-state index < -0.39 is 23.3 Å². The normalized spacial score (nSPS) is 18.7. The Morgan fingerprint density at radius 1 is 1.50 bits per heavy atom. The van der Waals surface area contributed by atoms with Crippen molar-refractivity contribution in [3.05, 3.63) is 17.5 Å². The number of rotatable bonds is 1. The average Bonchev–Trinajstić information content (AvgIpc) is 2.69. The van der Waals surface area contributed by atoms with Crippen LogP contribution in [-0.2, 0) is 9.59 Å². The molecule has 18 heavy (non-hydrogen) atoms. The molecule has 1 aromatic rings. The number of aryl methyl sites for hydroxylation is 1. The molecular weight excluding hydrogens is 238 g/mol. The molecule has 7 heteroatoms. The van der Waals surface area contributed by atoms with Gasteiger partial charge in [0.2, 0.25) is 5.91 Å². The second-order valence-electron chi connectivity index (χ2n) is 4.62. The highest BCUT2D eigenvalue weighted by atomic mass is 16.5. The number of amides is 3. The molecule has 0 aliphatic carbocycles. The van der Waals surface area contributed by atoms with E-state index in [1.807, 2.05) is 0 Å². The lowest BCUT2D eigenvalue weighted by atomic mass is 9.97. The molecule has 96 valence electrons. The first-order valence-electron chi connectivity index (χ1n) is 5.41. The van der Waals surface area contributed by atoms with Crippen molar-refractivity contribution in [3.63, 3.8) is 0 Å². The van der Waals surface area contributed by atoms with Crippen LogP contribution in [0.25, 0.3) is 0 Å². The SMILES string of the molecule is Cc1oncc1C(=O)N1CC(=O)NC(=O)C1(C)C. The van der Waals surface area contributed by atoms with Gasteiger partial charge < -0.3 is 9.42 Å². The molecule has 0 spiro atoms. The smallest absolute Gasteiger partial charge is 0.260 e. The van der Waals surface area contributed by atoms with Crippen LogP contribution >= 0.6 is 0 Å². The molecule has 0 unspecified atom stereocenters. The molecule has 1 N–H and O–H groups in total. The number of hydrogen-bond acceptors (Lipinski definition) is 5. The predicted octanol–water partition coefficient (Wildman–Crippen LogP) is -0.140. The number of piperazine rings is 1. The van der Waals surface area contributed by atoms with E-state index >= 15 is 0 Å². The van der Waals surface area contributed by atoms with Gasteiger partial charge in [0.05, 0.1) is 6.20 Å². The summed E-state index contributed by atoms with van der Waals surface area (Å²) in [6.07, 6.45) is 1.28. The fraction of sp³-hybridized carbons (Fsp3) is 0.455. The Kier molecular flexibility index (Phi) is 2.68. The molecule has 1 aromatic heterocycles. The first-order valence-corrected chi connectivity index (χ1v) is 5.41. The Hall–Kier alpha value is -2.18. The summed E-state index contributed by atoms with van der Waals surface area (Å²) in [6.45, 7) is 4.59. The minimum atomic E-state index is -1.09. The number of imide groups is 1. The third-order valence-corrected chi connectivity index (χ3v) is 3.01. The molecule has 0 atom stereocenters. The first kappa shape index (κ1) is 12.3. The van der Waals surface area contributed by atoms with E-state index in [0.717, 1.165) is 0 Å². The van der Waals surface area contributed by atoms with Crippen LogP contribution in [0.5, 0.6) is 0 Å². The molecule has 0 bridgehead atoms. The van der Waals surface area contributed by atoms with Gasteiger partial charge in [-0.1, -0.05) is 5.16 Å². The summed E-state index contributed by atoms with van der Waals surface area (Å²) in [5.74, 6) is -1.08. The minimum absolute atomic E-state index is 0.164. The van der Waals surface area contributed by atoms with Crippen LogP contribution in [0.15, 0.2) is 10.7 Å². The van der Waals surface area contributed by atoms with Crippen molar-refractivity contribution < 1.29 is 18.9 Å². The zero-order valence-corrected chi connectivity index (χ0v) is 10.3. The number of carbonyl (C=O) groups excluding carboxylic acids is 3. The van der Waals surface area contributed by atoms with Gasteiger partial charge in [0.15, 0.2) is 0 Å². The van der Waals surface area contributed by atoms with Gasteiger partial charge in [-0.15, -0.1) is 0 Å². The van der Waals surface area contributed by atoms with Gasteiger partial charge >= 0.3 is 0 Å². The molecular formula is C11H13N3O4. The molecule has 1 aliphatic heterocycles. The maximum Gasteiger partial charge on any atom is 0.260 e. The van der Waals surface area contributed by atoms with Crippen LogP contribution < -0.4 is 5.32 Å². The Bertz CT molecular complexity index is 532. The second kappa shape index (κ2) is 3.94. The number of nitrogens with zero attached hydrogens (tertiary/aromatic N) is 2. The molecule has 0 aromatic carbocycles. The standard InChI is InChI=1S/C11H13N3O4/c1-6-7(4-12-18-6)9(16)14-5-8(15)13-10(17)11(14,2)3/h4H,5H2,1-3H3,(H,13,15,17). The largest absolute Gasteiger partial charge is 0.361 e. The summed E-state index contributed by atoms with van der Waals surface area (Å²) in [6, 6.07) is 0. The van der Waals surface area contributed by atoms with Crippen molar-refractivity contribution in [3.8, 4) is 0 Å². The molecule has 1 saturated heterocycles. The maximum atomic E-state index is 12.3. The number of hydrogen-bond donors (Lipinski definition) is 1. The van der Waals surface area contributed by atoms with E-state index in [0.29, 0.717) is 5.76 Å². The molecule has 2 rings (SSSR count). The summed E-state index contributed by atoms with van der Waals surface area (Å²) in [7, 11) is 0. The van der Waals surface area contributed by atoms with Gasteiger partial charge in [-0.3, -0.25) is 19.7 Å². The van der Waals surface area contributed by atoms with Crippen molar-refractivity contribution in [1.82, 2.24) is 15.4 Å². The van der Waals surface area contributed by atoms with Crippen LogP contribution in [-0.4, -0.2) is 39.9 Å². The lowest BCUT2D eigenvalue weighted by molar-refractivity contribution is -0.143. The minimum Gasteiger partial charge on any atom is -0.361 e. The molecule has 3 amide bonds. The first-order chi connectivity index (χ1) is 8.34. The van der Waals surface area contributed by atoms with Crippen LogP contribution in [0.4, 0.5) is 0 Å².